The maximum absolute atomic E-state index is 13.2. The molecule has 0 amide bonds. The van der Waals surface area contributed by atoms with Gasteiger partial charge in [0.05, 0.1) is 17.7 Å². The van der Waals surface area contributed by atoms with E-state index in [1.54, 1.807) is 13.0 Å². The second-order valence-corrected chi connectivity index (χ2v) is 3.38. The number of rotatable bonds is 2. The first-order valence-corrected chi connectivity index (χ1v) is 4.11. The molecule has 0 aliphatic carbocycles. The van der Waals surface area contributed by atoms with E-state index in [1.807, 2.05) is 0 Å². The van der Waals surface area contributed by atoms with E-state index in [1.165, 1.54) is 18.2 Å². The van der Waals surface area contributed by atoms with Gasteiger partial charge in [-0.25, -0.2) is 4.39 Å². The fraction of sp³-hybridized carbons (Fsp3) is 0.300. The van der Waals surface area contributed by atoms with Crippen LogP contribution < -0.4 is 5.73 Å². The molecule has 14 heavy (non-hydrogen) atoms. The van der Waals surface area contributed by atoms with Crippen LogP contribution in [-0.2, 0) is 5.54 Å². The van der Waals surface area contributed by atoms with Crippen molar-refractivity contribution in [2.24, 2.45) is 5.73 Å². The number of halogens is 1. The lowest BCUT2D eigenvalue weighted by molar-refractivity contribution is 0.210. The maximum atomic E-state index is 13.2. The fourth-order valence-corrected chi connectivity index (χ4v) is 1.05. The summed E-state index contributed by atoms with van der Waals surface area (Å²) in [6.07, 6.45) is 0. The topological polar surface area (TPSA) is 70.0 Å². The van der Waals surface area contributed by atoms with Crippen LogP contribution >= 0.6 is 0 Å². The molecule has 1 aromatic rings. The fourth-order valence-electron chi connectivity index (χ4n) is 1.05. The standard InChI is InChI=1S/C10H11FN2O/c1-10(13,6-14)8-3-2-7(5-12)9(11)4-8/h2-4,14H,6,13H2,1H3/t10-/m0/s1. The Morgan fingerprint density at radius 2 is 2.29 bits per heavy atom. The van der Waals surface area contributed by atoms with Gasteiger partial charge in [0.1, 0.15) is 11.9 Å². The maximum Gasteiger partial charge on any atom is 0.141 e. The Balaban J connectivity index is 3.17. The molecule has 0 unspecified atom stereocenters. The number of nitriles is 1. The van der Waals surface area contributed by atoms with Crippen LogP contribution in [0.1, 0.15) is 18.1 Å². The van der Waals surface area contributed by atoms with Gasteiger partial charge in [-0.05, 0) is 24.6 Å². The molecule has 0 saturated heterocycles. The Kier molecular flexibility index (Phi) is 2.84. The highest BCUT2D eigenvalue weighted by Gasteiger charge is 2.20. The number of nitrogens with two attached hydrogens (primary N) is 1. The molecule has 0 heterocycles. The van der Waals surface area contributed by atoms with Gasteiger partial charge in [0.2, 0.25) is 0 Å². The van der Waals surface area contributed by atoms with Crippen LogP contribution in [0.5, 0.6) is 0 Å². The van der Waals surface area contributed by atoms with Gasteiger partial charge < -0.3 is 10.8 Å². The molecule has 3 nitrogen and oxygen atoms in total. The summed E-state index contributed by atoms with van der Waals surface area (Å²) in [4.78, 5) is 0. The van der Waals surface area contributed by atoms with Crippen molar-refractivity contribution in [3.63, 3.8) is 0 Å². The van der Waals surface area contributed by atoms with Crippen molar-refractivity contribution in [1.29, 1.82) is 5.26 Å². The van der Waals surface area contributed by atoms with Crippen LogP contribution in [0.4, 0.5) is 4.39 Å². The summed E-state index contributed by atoms with van der Waals surface area (Å²) in [5.74, 6) is -0.616. The van der Waals surface area contributed by atoms with Crippen molar-refractivity contribution in [1.82, 2.24) is 0 Å². The minimum atomic E-state index is -0.977. The lowest BCUT2D eigenvalue weighted by Gasteiger charge is -2.22. The molecule has 1 aromatic carbocycles. The molecule has 3 N–H and O–H groups in total. The number of nitrogens with zero attached hydrogens (tertiary/aromatic N) is 1. The smallest absolute Gasteiger partial charge is 0.141 e. The van der Waals surface area contributed by atoms with Gasteiger partial charge in [0.15, 0.2) is 0 Å². The average molecular weight is 194 g/mol. The first-order valence-electron chi connectivity index (χ1n) is 4.11. The van der Waals surface area contributed by atoms with E-state index in [9.17, 15) is 4.39 Å². The monoisotopic (exact) mass is 194 g/mol. The number of aliphatic hydroxyl groups excluding tert-OH is 1. The van der Waals surface area contributed by atoms with Crippen LogP contribution in [0.15, 0.2) is 18.2 Å². The number of benzene rings is 1. The largest absolute Gasteiger partial charge is 0.394 e. The second kappa shape index (κ2) is 3.74. The third-order valence-corrected chi connectivity index (χ3v) is 2.08. The van der Waals surface area contributed by atoms with Gasteiger partial charge in [0.25, 0.3) is 0 Å². The predicted molar refractivity (Wildman–Crippen MR) is 49.7 cm³/mol. The van der Waals surface area contributed by atoms with E-state index in [2.05, 4.69) is 0 Å². The Bertz CT molecular complexity index is 382. The lowest BCUT2D eigenvalue weighted by Crippen LogP contribution is -2.37. The zero-order chi connectivity index (χ0) is 10.8. The molecule has 0 radical (unpaired) electrons. The van der Waals surface area contributed by atoms with E-state index >= 15 is 0 Å². The summed E-state index contributed by atoms with van der Waals surface area (Å²) in [6, 6.07) is 5.78. The summed E-state index contributed by atoms with van der Waals surface area (Å²) < 4.78 is 13.2. The highest BCUT2D eigenvalue weighted by molar-refractivity contribution is 5.35. The van der Waals surface area contributed by atoms with Gasteiger partial charge >= 0.3 is 0 Å². The Labute approximate surface area is 81.6 Å². The minimum absolute atomic E-state index is 0.0255. The summed E-state index contributed by atoms with van der Waals surface area (Å²) in [7, 11) is 0. The van der Waals surface area contributed by atoms with Gasteiger partial charge in [-0.1, -0.05) is 6.07 Å². The van der Waals surface area contributed by atoms with Crippen LogP contribution in [-0.4, -0.2) is 11.7 Å². The molecule has 0 saturated carbocycles. The van der Waals surface area contributed by atoms with E-state index in [0.717, 1.165) is 0 Å². The molecule has 0 aromatic heterocycles. The SMILES string of the molecule is C[C@](N)(CO)c1ccc(C#N)c(F)c1. The van der Waals surface area contributed by atoms with Gasteiger partial charge in [0, 0.05) is 0 Å². The van der Waals surface area contributed by atoms with Gasteiger partial charge in [-0.15, -0.1) is 0 Å². The van der Waals surface area contributed by atoms with Crippen LogP contribution in [0.3, 0.4) is 0 Å². The molecule has 0 spiro atoms. The molecule has 0 fully saturated rings. The van der Waals surface area contributed by atoms with Gasteiger partial charge in [-0.3, -0.25) is 0 Å². The predicted octanol–water partition coefficient (Wildman–Crippen LogP) is 0.864. The molecule has 4 heteroatoms. The number of hydrogen-bond acceptors (Lipinski definition) is 3. The Hall–Kier alpha value is -1.44. The molecule has 1 atom stereocenters. The molecule has 1 rings (SSSR count). The van der Waals surface area contributed by atoms with E-state index in [0.29, 0.717) is 5.56 Å². The lowest BCUT2D eigenvalue weighted by atomic mass is 9.93. The first kappa shape index (κ1) is 10.6. The van der Waals surface area contributed by atoms with Crippen molar-refractivity contribution < 1.29 is 9.50 Å². The van der Waals surface area contributed by atoms with Crippen LogP contribution in [0.25, 0.3) is 0 Å². The molecule has 0 aliphatic rings. The molecule has 0 aliphatic heterocycles. The molecular weight excluding hydrogens is 183 g/mol. The van der Waals surface area contributed by atoms with Crippen molar-refractivity contribution in [3.8, 4) is 6.07 Å². The Morgan fingerprint density at radius 1 is 1.64 bits per heavy atom. The number of aliphatic hydroxyl groups is 1. The Morgan fingerprint density at radius 3 is 2.71 bits per heavy atom. The van der Waals surface area contributed by atoms with Crippen LogP contribution in [0, 0.1) is 17.1 Å². The summed E-state index contributed by atoms with van der Waals surface area (Å²) in [6.45, 7) is 1.31. The van der Waals surface area contributed by atoms with Gasteiger partial charge in [-0.2, -0.15) is 5.26 Å². The average Bonchev–Trinajstić information content (AvgIpc) is 2.17. The zero-order valence-electron chi connectivity index (χ0n) is 7.79. The molecule has 0 bridgehead atoms. The van der Waals surface area contributed by atoms with E-state index in [-0.39, 0.29) is 12.2 Å². The zero-order valence-corrected chi connectivity index (χ0v) is 7.79. The normalized spacial score (nSPS) is 14.5. The summed E-state index contributed by atoms with van der Waals surface area (Å²) in [5.41, 5.74) is 5.16. The molecular formula is C10H11FN2O. The highest BCUT2D eigenvalue weighted by atomic mass is 19.1. The minimum Gasteiger partial charge on any atom is -0.394 e. The highest BCUT2D eigenvalue weighted by Crippen LogP contribution is 2.19. The van der Waals surface area contributed by atoms with E-state index < -0.39 is 11.4 Å². The summed E-state index contributed by atoms with van der Waals surface area (Å²) in [5, 5.41) is 17.5. The third-order valence-electron chi connectivity index (χ3n) is 2.08. The van der Waals surface area contributed by atoms with Crippen LogP contribution in [0.2, 0.25) is 0 Å². The van der Waals surface area contributed by atoms with Crippen molar-refractivity contribution in [3.05, 3.63) is 35.1 Å². The van der Waals surface area contributed by atoms with Crippen molar-refractivity contribution in [2.45, 2.75) is 12.5 Å². The first-order chi connectivity index (χ1) is 6.51. The van der Waals surface area contributed by atoms with Crippen molar-refractivity contribution >= 4 is 0 Å². The third kappa shape index (κ3) is 1.90. The van der Waals surface area contributed by atoms with E-state index in [4.69, 9.17) is 16.1 Å². The van der Waals surface area contributed by atoms with Crippen molar-refractivity contribution in [2.75, 3.05) is 6.61 Å². The quantitative estimate of drug-likeness (QED) is 0.733. The summed E-state index contributed by atoms with van der Waals surface area (Å²) >= 11 is 0. The number of hydrogen-bond donors (Lipinski definition) is 2. The second-order valence-electron chi connectivity index (χ2n) is 3.38. The molecule has 74 valence electrons.